The van der Waals surface area contributed by atoms with Gasteiger partial charge < -0.3 is 5.11 Å². The minimum Gasteiger partial charge on any atom is -0.507 e. The van der Waals surface area contributed by atoms with Gasteiger partial charge in [-0.2, -0.15) is 26.3 Å². The first-order valence-electron chi connectivity index (χ1n) is 5.35. The molecule has 1 aromatic carbocycles. The highest BCUT2D eigenvalue weighted by atomic mass is 19.4. The number of aliphatic hydroxyl groups excluding tert-OH is 1. The number of benzene rings is 1. The van der Waals surface area contributed by atoms with Crippen LogP contribution in [0, 0.1) is 0 Å². The van der Waals surface area contributed by atoms with Crippen molar-refractivity contribution in [2.45, 2.75) is 18.8 Å². The molecular formula is C12H6F8O2. The maximum absolute atomic E-state index is 12.7. The zero-order chi connectivity index (χ0) is 17.3. The van der Waals surface area contributed by atoms with Crippen LogP contribution in [0.15, 0.2) is 24.3 Å². The fourth-order valence-electron chi connectivity index (χ4n) is 1.45. The van der Waals surface area contributed by atoms with Gasteiger partial charge in [-0.1, -0.05) is 6.07 Å². The van der Waals surface area contributed by atoms with Crippen molar-refractivity contribution < 1.29 is 45.0 Å². The van der Waals surface area contributed by atoms with Crippen molar-refractivity contribution in [3.05, 3.63) is 41.0 Å². The lowest BCUT2D eigenvalue weighted by molar-refractivity contribution is -0.143. The topological polar surface area (TPSA) is 37.3 Å². The fraction of sp³-hybridized carbons (Fsp3) is 0.250. The highest BCUT2D eigenvalue weighted by Gasteiger charge is 2.38. The lowest BCUT2D eigenvalue weighted by atomic mass is 10.0. The molecule has 0 spiro atoms. The summed E-state index contributed by atoms with van der Waals surface area (Å²) in [6.07, 6.45) is -14.1. The van der Waals surface area contributed by atoms with Crippen LogP contribution in [-0.2, 0) is 17.1 Å². The second kappa shape index (κ2) is 5.93. The van der Waals surface area contributed by atoms with Gasteiger partial charge in [0.1, 0.15) is 5.76 Å². The maximum Gasteiger partial charge on any atom is 0.417 e. The van der Waals surface area contributed by atoms with Crippen molar-refractivity contribution in [3.8, 4) is 0 Å². The van der Waals surface area contributed by atoms with Crippen molar-refractivity contribution >= 4 is 11.5 Å². The first-order chi connectivity index (χ1) is 9.84. The number of carbonyl (C=O) groups excluding carboxylic acids is 1. The van der Waals surface area contributed by atoms with E-state index in [0.717, 1.165) is 0 Å². The Hall–Kier alpha value is -2.13. The standard InChI is InChI=1S/C12H6F8O2/c13-10(14)9(22)4-8(21)6-2-1-5(11(15,16)17)3-7(6)12(18,19)20/h1-4,10,21H/b8-4-. The number of carbonyl (C=O) groups is 1. The summed E-state index contributed by atoms with van der Waals surface area (Å²) in [6.45, 7) is 0. The minimum atomic E-state index is -5.30. The van der Waals surface area contributed by atoms with Crippen LogP contribution in [0.25, 0.3) is 5.76 Å². The normalized spacial score (nSPS) is 13.6. The zero-order valence-corrected chi connectivity index (χ0v) is 10.3. The summed E-state index contributed by atoms with van der Waals surface area (Å²) >= 11 is 0. The van der Waals surface area contributed by atoms with Crippen LogP contribution in [0.1, 0.15) is 16.7 Å². The van der Waals surface area contributed by atoms with Crippen LogP contribution in [-0.4, -0.2) is 17.3 Å². The van der Waals surface area contributed by atoms with Crippen molar-refractivity contribution in [1.29, 1.82) is 0 Å². The van der Waals surface area contributed by atoms with Crippen LogP contribution in [0.4, 0.5) is 35.1 Å². The Morgan fingerprint density at radius 2 is 1.59 bits per heavy atom. The molecule has 122 valence electrons. The van der Waals surface area contributed by atoms with E-state index in [1.165, 1.54) is 0 Å². The van der Waals surface area contributed by atoms with E-state index in [-0.39, 0.29) is 24.3 Å². The maximum atomic E-state index is 12.7. The van der Waals surface area contributed by atoms with Gasteiger partial charge in [0.2, 0.25) is 5.78 Å². The summed E-state index contributed by atoms with van der Waals surface area (Å²) in [5.74, 6) is -3.49. The number of hydrogen-bond acceptors (Lipinski definition) is 2. The molecule has 0 heterocycles. The van der Waals surface area contributed by atoms with Gasteiger partial charge in [0.05, 0.1) is 11.1 Å². The summed E-state index contributed by atoms with van der Waals surface area (Å²) in [6, 6.07) is 0.184. The molecule has 0 bridgehead atoms. The number of aliphatic hydroxyl groups is 1. The van der Waals surface area contributed by atoms with Gasteiger partial charge in [-0.3, -0.25) is 4.79 Å². The molecule has 0 amide bonds. The molecule has 0 radical (unpaired) electrons. The van der Waals surface area contributed by atoms with E-state index < -0.39 is 47.0 Å². The predicted octanol–water partition coefficient (Wildman–Crippen LogP) is 4.46. The Morgan fingerprint density at radius 3 is 2.00 bits per heavy atom. The third kappa shape index (κ3) is 4.18. The van der Waals surface area contributed by atoms with Crippen LogP contribution < -0.4 is 0 Å². The van der Waals surface area contributed by atoms with Crippen molar-refractivity contribution in [2.75, 3.05) is 0 Å². The van der Waals surface area contributed by atoms with E-state index in [4.69, 9.17) is 0 Å². The van der Waals surface area contributed by atoms with Gasteiger partial charge in [0, 0.05) is 11.6 Å². The SMILES string of the molecule is O=C(/C=C(\O)c1ccc(C(F)(F)F)cc1C(F)(F)F)C(F)F. The third-order valence-electron chi connectivity index (χ3n) is 2.42. The molecular weight excluding hydrogens is 328 g/mol. The molecule has 0 aromatic heterocycles. The third-order valence-corrected chi connectivity index (χ3v) is 2.42. The summed E-state index contributed by atoms with van der Waals surface area (Å²) < 4.78 is 99.4. The summed E-state index contributed by atoms with van der Waals surface area (Å²) in [7, 11) is 0. The zero-order valence-electron chi connectivity index (χ0n) is 10.3. The Bertz CT molecular complexity index is 598. The number of rotatable bonds is 3. The van der Waals surface area contributed by atoms with Crippen molar-refractivity contribution in [1.82, 2.24) is 0 Å². The summed E-state index contributed by atoms with van der Waals surface area (Å²) in [5, 5.41) is 9.30. The Balaban J connectivity index is 3.46. The van der Waals surface area contributed by atoms with E-state index in [1.807, 2.05) is 0 Å². The molecule has 2 nitrogen and oxygen atoms in total. The summed E-state index contributed by atoms with van der Waals surface area (Å²) in [5.41, 5.74) is -4.76. The average molecular weight is 334 g/mol. The average Bonchev–Trinajstić information content (AvgIpc) is 2.35. The minimum absolute atomic E-state index is 0.178. The van der Waals surface area contributed by atoms with Crippen LogP contribution in [0.3, 0.4) is 0 Å². The predicted molar refractivity (Wildman–Crippen MR) is 58.1 cm³/mol. The molecule has 10 heteroatoms. The van der Waals surface area contributed by atoms with E-state index >= 15 is 0 Å². The van der Waals surface area contributed by atoms with Gasteiger partial charge in [-0.25, -0.2) is 8.78 Å². The Morgan fingerprint density at radius 1 is 1.05 bits per heavy atom. The summed E-state index contributed by atoms with van der Waals surface area (Å²) in [4.78, 5) is 10.7. The van der Waals surface area contributed by atoms with Gasteiger partial charge in [-0.15, -0.1) is 0 Å². The monoisotopic (exact) mass is 334 g/mol. The Labute approximate surface area is 117 Å². The lowest BCUT2D eigenvalue weighted by Crippen LogP contribution is -2.14. The fourth-order valence-corrected chi connectivity index (χ4v) is 1.45. The smallest absolute Gasteiger partial charge is 0.417 e. The highest BCUT2D eigenvalue weighted by Crippen LogP contribution is 2.38. The molecule has 0 saturated carbocycles. The number of ketones is 1. The van der Waals surface area contributed by atoms with Crippen LogP contribution in [0.2, 0.25) is 0 Å². The molecule has 0 fully saturated rings. The molecule has 0 aliphatic rings. The second-order valence-corrected chi connectivity index (χ2v) is 3.99. The lowest BCUT2D eigenvalue weighted by Gasteiger charge is -2.15. The molecule has 0 unspecified atom stereocenters. The van der Waals surface area contributed by atoms with E-state index in [9.17, 15) is 45.0 Å². The number of halogens is 8. The van der Waals surface area contributed by atoms with Gasteiger partial charge in [0.15, 0.2) is 0 Å². The Kier molecular flexibility index (Phi) is 4.83. The van der Waals surface area contributed by atoms with Gasteiger partial charge in [0.25, 0.3) is 6.43 Å². The van der Waals surface area contributed by atoms with Gasteiger partial charge in [-0.05, 0) is 12.1 Å². The molecule has 22 heavy (non-hydrogen) atoms. The molecule has 0 saturated heterocycles. The van der Waals surface area contributed by atoms with E-state index in [0.29, 0.717) is 0 Å². The molecule has 1 aromatic rings. The molecule has 1 N–H and O–H groups in total. The molecule has 0 aliphatic heterocycles. The number of hydrogen-bond donors (Lipinski definition) is 1. The second-order valence-electron chi connectivity index (χ2n) is 3.99. The molecule has 1 rings (SSSR count). The first kappa shape index (κ1) is 17.9. The van der Waals surface area contributed by atoms with E-state index in [1.54, 1.807) is 0 Å². The van der Waals surface area contributed by atoms with Crippen molar-refractivity contribution in [3.63, 3.8) is 0 Å². The largest absolute Gasteiger partial charge is 0.507 e. The number of allylic oxidation sites excluding steroid dienone is 1. The van der Waals surface area contributed by atoms with Crippen molar-refractivity contribution in [2.24, 2.45) is 0 Å². The van der Waals surface area contributed by atoms with Gasteiger partial charge >= 0.3 is 12.4 Å². The van der Waals surface area contributed by atoms with Crippen LogP contribution in [0.5, 0.6) is 0 Å². The van der Waals surface area contributed by atoms with Crippen LogP contribution >= 0.6 is 0 Å². The number of alkyl halides is 8. The van der Waals surface area contributed by atoms with E-state index in [2.05, 4.69) is 0 Å². The first-order valence-corrected chi connectivity index (χ1v) is 5.35. The highest BCUT2D eigenvalue weighted by molar-refractivity contribution is 5.97. The quantitative estimate of drug-likeness (QED) is 0.503. The molecule has 0 aliphatic carbocycles. The molecule has 0 atom stereocenters.